The highest BCUT2D eigenvalue weighted by atomic mass is 35.5. The number of hydrazine groups is 1. The van der Waals surface area contributed by atoms with Gasteiger partial charge in [0, 0.05) is 31.1 Å². The van der Waals surface area contributed by atoms with Crippen molar-refractivity contribution in [2.24, 2.45) is 5.92 Å². The molecule has 0 spiro atoms. The van der Waals surface area contributed by atoms with E-state index in [4.69, 9.17) is 4.74 Å². The Kier molecular flexibility index (Phi) is 7.46. The molecule has 0 radical (unpaired) electrons. The van der Waals surface area contributed by atoms with Crippen molar-refractivity contribution in [3.63, 3.8) is 0 Å². The van der Waals surface area contributed by atoms with E-state index in [1.165, 1.54) is 5.56 Å². The third-order valence-corrected chi connectivity index (χ3v) is 3.82. The molecule has 21 heavy (non-hydrogen) atoms. The van der Waals surface area contributed by atoms with Crippen molar-refractivity contribution in [2.75, 3.05) is 13.1 Å². The SMILES string of the molecule is CC(C)Oc1cccc(C(C)NCC2CNNC2C)c1.Cl. The van der Waals surface area contributed by atoms with Gasteiger partial charge in [0.05, 0.1) is 6.10 Å². The quantitative estimate of drug-likeness (QED) is 0.755. The van der Waals surface area contributed by atoms with Gasteiger partial charge in [0.25, 0.3) is 0 Å². The predicted octanol–water partition coefficient (Wildman–Crippen LogP) is 2.66. The second kappa shape index (κ2) is 8.59. The van der Waals surface area contributed by atoms with Gasteiger partial charge in [-0.25, -0.2) is 0 Å². The van der Waals surface area contributed by atoms with Crippen LogP contribution in [0.3, 0.4) is 0 Å². The molecule has 5 heteroatoms. The van der Waals surface area contributed by atoms with E-state index in [1.54, 1.807) is 0 Å². The van der Waals surface area contributed by atoms with Crippen LogP contribution in [0.4, 0.5) is 0 Å². The summed E-state index contributed by atoms with van der Waals surface area (Å²) in [7, 11) is 0. The summed E-state index contributed by atoms with van der Waals surface area (Å²) in [5.41, 5.74) is 7.73. The van der Waals surface area contributed by atoms with Crippen molar-refractivity contribution < 1.29 is 4.74 Å². The van der Waals surface area contributed by atoms with Gasteiger partial charge in [-0.1, -0.05) is 12.1 Å². The molecular formula is C16H28ClN3O. The summed E-state index contributed by atoms with van der Waals surface area (Å²) in [6.07, 6.45) is 0.213. The van der Waals surface area contributed by atoms with E-state index < -0.39 is 0 Å². The molecule has 1 aliphatic heterocycles. The van der Waals surface area contributed by atoms with E-state index in [0.29, 0.717) is 18.0 Å². The first kappa shape index (κ1) is 18.2. The topological polar surface area (TPSA) is 45.3 Å². The number of hydrogen-bond donors (Lipinski definition) is 3. The van der Waals surface area contributed by atoms with Crippen LogP contribution in [0.15, 0.2) is 24.3 Å². The Bertz CT molecular complexity index is 428. The first-order valence-corrected chi connectivity index (χ1v) is 7.54. The molecular weight excluding hydrogens is 286 g/mol. The molecule has 4 nitrogen and oxygen atoms in total. The van der Waals surface area contributed by atoms with Crippen molar-refractivity contribution in [3.8, 4) is 5.75 Å². The predicted molar refractivity (Wildman–Crippen MR) is 90.0 cm³/mol. The third kappa shape index (κ3) is 5.47. The minimum atomic E-state index is 0. The van der Waals surface area contributed by atoms with Crippen LogP contribution < -0.4 is 20.9 Å². The van der Waals surface area contributed by atoms with Crippen LogP contribution in [0.1, 0.15) is 39.3 Å². The van der Waals surface area contributed by atoms with E-state index in [2.05, 4.69) is 62.1 Å². The largest absolute Gasteiger partial charge is 0.491 e. The molecule has 1 aliphatic rings. The summed E-state index contributed by atoms with van der Waals surface area (Å²) in [4.78, 5) is 0. The van der Waals surface area contributed by atoms with Crippen molar-refractivity contribution in [1.29, 1.82) is 0 Å². The molecule has 3 N–H and O–H groups in total. The average molecular weight is 314 g/mol. The highest BCUT2D eigenvalue weighted by Gasteiger charge is 2.22. The number of rotatable bonds is 6. The second-order valence-corrected chi connectivity index (χ2v) is 5.94. The Morgan fingerprint density at radius 3 is 2.71 bits per heavy atom. The van der Waals surface area contributed by atoms with Gasteiger partial charge in [-0.05, 0) is 45.4 Å². The molecule has 1 aromatic rings. The molecule has 0 saturated carbocycles. The van der Waals surface area contributed by atoms with E-state index >= 15 is 0 Å². The monoisotopic (exact) mass is 313 g/mol. The lowest BCUT2D eigenvalue weighted by Crippen LogP contribution is -2.33. The van der Waals surface area contributed by atoms with Crippen LogP contribution in [0.2, 0.25) is 0 Å². The highest BCUT2D eigenvalue weighted by molar-refractivity contribution is 5.85. The van der Waals surface area contributed by atoms with E-state index in [1.807, 2.05) is 6.07 Å². The maximum atomic E-state index is 5.75. The first-order chi connectivity index (χ1) is 9.56. The zero-order valence-electron chi connectivity index (χ0n) is 13.3. The first-order valence-electron chi connectivity index (χ1n) is 7.54. The maximum absolute atomic E-state index is 5.75. The molecule has 2 rings (SSSR count). The Morgan fingerprint density at radius 1 is 1.33 bits per heavy atom. The smallest absolute Gasteiger partial charge is 0.120 e. The summed E-state index contributed by atoms with van der Waals surface area (Å²) < 4.78 is 5.75. The third-order valence-electron chi connectivity index (χ3n) is 3.82. The van der Waals surface area contributed by atoms with Gasteiger partial charge in [-0.3, -0.25) is 10.9 Å². The lowest BCUT2D eigenvalue weighted by Gasteiger charge is -2.20. The minimum absolute atomic E-state index is 0. The number of benzene rings is 1. The molecule has 3 atom stereocenters. The fourth-order valence-corrected chi connectivity index (χ4v) is 2.47. The standard InChI is InChI=1S/C16H27N3O.ClH/c1-11(2)20-16-7-5-6-14(8-16)12(3)17-9-15-10-18-19-13(15)4;/h5-8,11-13,15,17-19H,9-10H2,1-4H3;1H. The van der Waals surface area contributed by atoms with E-state index in [0.717, 1.165) is 18.8 Å². The molecule has 120 valence electrons. The number of hydrogen-bond acceptors (Lipinski definition) is 4. The summed E-state index contributed by atoms with van der Waals surface area (Å²) in [6.45, 7) is 10.6. The van der Waals surface area contributed by atoms with Crippen LogP contribution in [0.25, 0.3) is 0 Å². The Balaban J connectivity index is 0.00000220. The normalized spacial score (nSPS) is 22.9. The maximum Gasteiger partial charge on any atom is 0.120 e. The van der Waals surface area contributed by atoms with Crippen molar-refractivity contribution in [1.82, 2.24) is 16.2 Å². The van der Waals surface area contributed by atoms with Crippen LogP contribution in [-0.4, -0.2) is 25.2 Å². The average Bonchev–Trinajstić information content (AvgIpc) is 2.81. The number of halogens is 1. The molecule has 1 aromatic carbocycles. The Hall–Kier alpha value is -0.810. The molecule has 0 bridgehead atoms. The second-order valence-electron chi connectivity index (χ2n) is 5.94. The fraction of sp³-hybridized carbons (Fsp3) is 0.625. The summed E-state index contributed by atoms with van der Waals surface area (Å²) in [5.74, 6) is 1.58. The minimum Gasteiger partial charge on any atom is -0.491 e. The van der Waals surface area contributed by atoms with Crippen LogP contribution in [0.5, 0.6) is 5.75 Å². The van der Waals surface area contributed by atoms with E-state index in [9.17, 15) is 0 Å². The fourth-order valence-electron chi connectivity index (χ4n) is 2.47. The number of nitrogens with one attached hydrogen (secondary N) is 3. The van der Waals surface area contributed by atoms with Gasteiger partial charge in [0.2, 0.25) is 0 Å². The van der Waals surface area contributed by atoms with Crippen molar-refractivity contribution in [2.45, 2.75) is 45.9 Å². The van der Waals surface area contributed by atoms with Crippen molar-refractivity contribution >= 4 is 12.4 Å². The lowest BCUT2D eigenvalue weighted by atomic mass is 10.0. The molecule has 0 aromatic heterocycles. The molecule has 1 fully saturated rings. The van der Waals surface area contributed by atoms with Gasteiger partial charge in [-0.2, -0.15) is 0 Å². The van der Waals surface area contributed by atoms with Crippen LogP contribution >= 0.6 is 12.4 Å². The molecule has 0 aliphatic carbocycles. The Morgan fingerprint density at radius 2 is 2.10 bits per heavy atom. The summed E-state index contributed by atoms with van der Waals surface area (Å²) >= 11 is 0. The zero-order chi connectivity index (χ0) is 14.5. The molecule has 3 unspecified atom stereocenters. The number of ether oxygens (including phenoxy) is 1. The Labute approximate surface area is 134 Å². The van der Waals surface area contributed by atoms with Crippen LogP contribution in [-0.2, 0) is 0 Å². The van der Waals surface area contributed by atoms with Gasteiger partial charge < -0.3 is 10.1 Å². The van der Waals surface area contributed by atoms with Crippen molar-refractivity contribution in [3.05, 3.63) is 29.8 Å². The van der Waals surface area contributed by atoms with E-state index in [-0.39, 0.29) is 18.5 Å². The summed E-state index contributed by atoms with van der Waals surface area (Å²) in [6, 6.07) is 9.21. The van der Waals surface area contributed by atoms with Gasteiger partial charge in [0.15, 0.2) is 0 Å². The zero-order valence-corrected chi connectivity index (χ0v) is 14.2. The van der Waals surface area contributed by atoms with Gasteiger partial charge in [0.1, 0.15) is 5.75 Å². The molecule has 1 heterocycles. The highest BCUT2D eigenvalue weighted by Crippen LogP contribution is 2.20. The van der Waals surface area contributed by atoms with Gasteiger partial charge >= 0.3 is 0 Å². The van der Waals surface area contributed by atoms with Gasteiger partial charge in [-0.15, -0.1) is 12.4 Å². The molecule has 1 saturated heterocycles. The lowest BCUT2D eigenvalue weighted by molar-refractivity contribution is 0.242. The molecule has 0 amide bonds. The van der Waals surface area contributed by atoms with Crippen LogP contribution in [0, 0.1) is 5.92 Å². The summed E-state index contributed by atoms with van der Waals surface area (Å²) in [5, 5.41) is 3.62.